The Morgan fingerprint density at radius 2 is 2.06 bits per heavy atom. The molecule has 0 aliphatic heterocycles. The highest BCUT2D eigenvalue weighted by Crippen LogP contribution is 2.30. The van der Waals surface area contributed by atoms with Gasteiger partial charge in [0, 0.05) is 13.6 Å². The van der Waals surface area contributed by atoms with Crippen LogP contribution in [-0.2, 0) is 4.79 Å². The van der Waals surface area contributed by atoms with Crippen LogP contribution >= 0.6 is 11.6 Å². The van der Waals surface area contributed by atoms with Gasteiger partial charge in [-0.3, -0.25) is 4.79 Å². The van der Waals surface area contributed by atoms with Gasteiger partial charge in [-0.05, 0) is 24.3 Å². The molecule has 0 spiro atoms. The Morgan fingerprint density at radius 1 is 1.44 bits per heavy atom. The first kappa shape index (κ1) is 11.5. The second-order valence-electron chi connectivity index (χ2n) is 4.44. The molecule has 1 amide bonds. The van der Waals surface area contributed by atoms with E-state index >= 15 is 0 Å². The molecular weight excluding hydrogens is 222 g/mol. The van der Waals surface area contributed by atoms with Crippen LogP contribution in [0.4, 0.5) is 0 Å². The predicted octanol–water partition coefficient (Wildman–Crippen LogP) is 2.83. The summed E-state index contributed by atoms with van der Waals surface area (Å²) in [5.41, 5.74) is 0.872. The van der Waals surface area contributed by atoms with Gasteiger partial charge in [-0.1, -0.05) is 30.3 Å². The van der Waals surface area contributed by atoms with Crippen LogP contribution < -0.4 is 0 Å². The van der Waals surface area contributed by atoms with Crippen molar-refractivity contribution < 1.29 is 4.79 Å². The summed E-state index contributed by atoms with van der Waals surface area (Å²) in [6, 6.07) is 9.50. The molecule has 2 nitrogen and oxygen atoms in total. The lowest BCUT2D eigenvalue weighted by atomic mass is 10.1. The van der Waals surface area contributed by atoms with Crippen LogP contribution in [0.2, 0.25) is 0 Å². The van der Waals surface area contributed by atoms with Crippen LogP contribution in [0.1, 0.15) is 23.8 Å². The predicted molar refractivity (Wildman–Crippen MR) is 65.4 cm³/mol. The number of hydrogen-bond acceptors (Lipinski definition) is 1. The van der Waals surface area contributed by atoms with Crippen molar-refractivity contribution in [2.45, 2.75) is 18.2 Å². The van der Waals surface area contributed by atoms with Gasteiger partial charge in [-0.2, -0.15) is 0 Å². The van der Waals surface area contributed by atoms with E-state index in [4.69, 9.17) is 11.6 Å². The van der Waals surface area contributed by atoms with Crippen LogP contribution in [0.15, 0.2) is 30.3 Å². The average Bonchev–Trinajstić information content (AvgIpc) is 3.12. The number of likely N-dealkylation sites (N-methyl/N-ethyl adjacent to an activating group) is 1. The summed E-state index contributed by atoms with van der Waals surface area (Å²) in [5.74, 6) is 0.702. The quantitative estimate of drug-likeness (QED) is 0.738. The largest absolute Gasteiger partial charge is 0.344 e. The van der Waals surface area contributed by atoms with E-state index in [9.17, 15) is 4.79 Å². The number of rotatable bonds is 4. The van der Waals surface area contributed by atoms with Crippen LogP contribution in [0.25, 0.3) is 0 Å². The third kappa shape index (κ3) is 2.76. The normalized spacial score (nSPS) is 16.9. The van der Waals surface area contributed by atoms with Gasteiger partial charge in [-0.25, -0.2) is 0 Å². The lowest BCUT2D eigenvalue weighted by molar-refractivity contribution is -0.129. The molecule has 1 aromatic rings. The third-order valence-corrected chi connectivity index (χ3v) is 3.35. The summed E-state index contributed by atoms with van der Waals surface area (Å²) in [5, 5.41) is -0.551. The Labute approximate surface area is 101 Å². The van der Waals surface area contributed by atoms with E-state index in [2.05, 4.69) is 0 Å². The molecule has 1 aromatic carbocycles. The van der Waals surface area contributed by atoms with Crippen molar-refractivity contribution in [3.8, 4) is 0 Å². The summed E-state index contributed by atoms with van der Waals surface area (Å²) in [4.78, 5) is 13.8. The number of nitrogens with zero attached hydrogens (tertiary/aromatic N) is 1. The monoisotopic (exact) mass is 237 g/mol. The Hall–Kier alpha value is -1.02. The van der Waals surface area contributed by atoms with Gasteiger partial charge in [0.15, 0.2) is 0 Å². The van der Waals surface area contributed by atoms with Gasteiger partial charge in [0.05, 0.1) is 0 Å². The first-order valence-corrected chi connectivity index (χ1v) is 6.06. The molecule has 0 aromatic heterocycles. The molecule has 1 aliphatic rings. The molecule has 0 saturated heterocycles. The minimum atomic E-state index is -0.551. The molecule has 1 fully saturated rings. The highest BCUT2D eigenvalue weighted by Gasteiger charge is 2.27. The molecule has 16 heavy (non-hydrogen) atoms. The topological polar surface area (TPSA) is 20.3 Å². The van der Waals surface area contributed by atoms with Crippen LogP contribution in [-0.4, -0.2) is 24.4 Å². The molecule has 0 N–H and O–H groups in total. The molecule has 0 radical (unpaired) electrons. The molecule has 1 aliphatic carbocycles. The molecule has 86 valence electrons. The van der Waals surface area contributed by atoms with Crippen molar-refractivity contribution in [3.05, 3.63) is 35.9 Å². The summed E-state index contributed by atoms with van der Waals surface area (Å²) in [6.07, 6.45) is 2.49. The number of carbonyl (C=O) groups is 1. The Morgan fingerprint density at radius 3 is 2.62 bits per heavy atom. The van der Waals surface area contributed by atoms with Crippen molar-refractivity contribution >= 4 is 17.5 Å². The van der Waals surface area contributed by atoms with Crippen molar-refractivity contribution in [1.82, 2.24) is 4.90 Å². The summed E-state index contributed by atoms with van der Waals surface area (Å²) in [6.45, 7) is 0.842. The highest BCUT2D eigenvalue weighted by atomic mass is 35.5. The molecule has 1 atom stereocenters. The zero-order chi connectivity index (χ0) is 11.5. The van der Waals surface area contributed by atoms with Crippen LogP contribution in [0.3, 0.4) is 0 Å². The summed E-state index contributed by atoms with van der Waals surface area (Å²) in [7, 11) is 1.83. The third-order valence-electron chi connectivity index (χ3n) is 2.91. The minimum Gasteiger partial charge on any atom is -0.344 e. The molecule has 0 heterocycles. The number of halogens is 1. The fraction of sp³-hybridized carbons (Fsp3) is 0.462. The zero-order valence-corrected chi connectivity index (χ0v) is 10.2. The van der Waals surface area contributed by atoms with E-state index in [1.807, 2.05) is 37.4 Å². The van der Waals surface area contributed by atoms with Gasteiger partial charge in [0.2, 0.25) is 5.91 Å². The van der Waals surface area contributed by atoms with E-state index in [-0.39, 0.29) is 5.91 Å². The maximum atomic E-state index is 12.0. The fourth-order valence-electron chi connectivity index (χ4n) is 1.74. The average molecular weight is 238 g/mol. The maximum Gasteiger partial charge on any atom is 0.244 e. The lowest BCUT2D eigenvalue weighted by Crippen LogP contribution is -2.31. The standard InChI is InChI=1S/C13H16ClNO/c1-15(9-10-7-8-10)13(16)12(14)11-5-3-2-4-6-11/h2-6,10,12H,7-9H2,1H3. The van der Waals surface area contributed by atoms with Crippen LogP contribution in [0.5, 0.6) is 0 Å². The number of carbonyl (C=O) groups excluding carboxylic acids is 1. The summed E-state index contributed by atoms with van der Waals surface area (Å²) >= 11 is 6.16. The first-order valence-electron chi connectivity index (χ1n) is 5.62. The molecular formula is C13H16ClNO. The first-order chi connectivity index (χ1) is 7.68. The highest BCUT2D eigenvalue weighted by molar-refractivity contribution is 6.30. The van der Waals surface area contributed by atoms with Gasteiger partial charge in [0.1, 0.15) is 5.38 Å². The minimum absolute atomic E-state index is 0.000216. The van der Waals surface area contributed by atoms with E-state index in [1.54, 1.807) is 4.90 Å². The van der Waals surface area contributed by atoms with E-state index < -0.39 is 5.38 Å². The number of benzene rings is 1. The number of hydrogen-bond donors (Lipinski definition) is 0. The lowest BCUT2D eigenvalue weighted by Gasteiger charge is -2.20. The zero-order valence-electron chi connectivity index (χ0n) is 9.40. The van der Waals surface area contributed by atoms with Crippen molar-refractivity contribution in [2.75, 3.05) is 13.6 Å². The SMILES string of the molecule is CN(CC1CC1)C(=O)C(Cl)c1ccccc1. The van der Waals surface area contributed by atoms with Crippen LogP contribution in [0, 0.1) is 5.92 Å². The molecule has 1 unspecified atom stereocenters. The second kappa shape index (κ2) is 4.88. The summed E-state index contributed by atoms with van der Waals surface area (Å²) < 4.78 is 0. The maximum absolute atomic E-state index is 12.0. The van der Waals surface area contributed by atoms with Gasteiger partial charge < -0.3 is 4.90 Å². The smallest absolute Gasteiger partial charge is 0.244 e. The van der Waals surface area contributed by atoms with E-state index in [1.165, 1.54) is 12.8 Å². The van der Waals surface area contributed by atoms with Gasteiger partial charge in [-0.15, -0.1) is 11.6 Å². The molecule has 0 bridgehead atoms. The molecule has 3 heteroatoms. The molecule has 2 rings (SSSR count). The van der Waals surface area contributed by atoms with Gasteiger partial charge >= 0.3 is 0 Å². The Bertz CT molecular complexity index is 361. The second-order valence-corrected chi connectivity index (χ2v) is 4.87. The van der Waals surface area contributed by atoms with Gasteiger partial charge in [0.25, 0.3) is 0 Å². The van der Waals surface area contributed by atoms with Crippen molar-refractivity contribution in [3.63, 3.8) is 0 Å². The number of amides is 1. The fourth-order valence-corrected chi connectivity index (χ4v) is 2.05. The van der Waals surface area contributed by atoms with E-state index in [0.29, 0.717) is 5.92 Å². The van der Waals surface area contributed by atoms with Crippen molar-refractivity contribution in [2.24, 2.45) is 5.92 Å². The Balaban J connectivity index is 1.97. The molecule has 1 saturated carbocycles. The Kier molecular flexibility index (Phi) is 3.49. The number of alkyl halides is 1. The van der Waals surface area contributed by atoms with Crippen molar-refractivity contribution in [1.29, 1.82) is 0 Å². The van der Waals surface area contributed by atoms with E-state index in [0.717, 1.165) is 12.1 Å².